The number of rotatable bonds is 5. The van der Waals surface area contributed by atoms with Gasteiger partial charge in [-0.1, -0.05) is 29.8 Å². The van der Waals surface area contributed by atoms with Crippen molar-refractivity contribution in [3.05, 3.63) is 76.7 Å². The third-order valence-corrected chi connectivity index (χ3v) is 7.53. The third-order valence-electron chi connectivity index (χ3n) is 5.62. The van der Waals surface area contributed by atoms with Crippen molar-refractivity contribution in [3.8, 4) is 0 Å². The number of sulfonamides is 1. The number of ether oxygens (including phenoxy) is 1. The van der Waals surface area contributed by atoms with Gasteiger partial charge in [-0.3, -0.25) is 4.31 Å². The minimum Gasteiger partial charge on any atom is -0.444 e. The van der Waals surface area contributed by atoms with E-state index in [9.17, 15) is 13.2 Å². The Balaban J connectivity index is 1.66. The van der Waals surface area contributed by atoms with Gasteiger partial charge in [0.1, 0.15) is 5.60 Å². The lowest BCUT2D eigenvalue weighted by Gasteiger charge is -2.32. The number of imidazole rings is 1. The summed E-state index contributed by atoms with van der Waals surface area (Å²) in [5.41, 5.74) is 2.73. The number of carbonyl (C=O) groups excluding carboxylic acids is 1. The number of nitrogens with zero attached hydrogens (tertiary/aromatic N) is 4. The molecule has 0 unspecified atom stereocenters. The average molecular weight is 517 g/mol. The van der Waals surface area contributed by atoms with Crippen LogP contribution in [0.3, 0.4) is 0 Å². The lowest BCUT2D eigenvalue weighted by Crippen LogP contribution is -2.40. The van der Waals surface area contributed by atoms with Gasteiger partial charge < -0.3 is 14.2 Å². The van der Waals surface area contributed by atoms with Crippen molar-refractivity contribution in [1.82, 2.24) is 14.5 Å². The van der Waals surface area contributed by atoms with Crippen molar-refractivity contribution in [3.63, 3.8) is 0 Å². The highest BCUT2D eigenvalue weighted by atomic mass is 35.5. The highest BCUT2D eigenvalue weighted by Gasteiger charge is 2.30. The molecule has 0 radical (unpaired) electrons. The molecule has 2 aromatic carbocycles. The first kappa shape index (κ1) is 25.1. The van der Waals surface area contributed by atoms with Crippen LogP contribution in [0.25, 0.3) is 0 Å². The second kappa shape index (κ2) is 9.54. The van der Waals surface area contributed by atoms with Crippen LogP contribution in [0.2, 0.25) is 5.02 Å². The maximum atomic E-state index is 13.6. The van der Waals surface area contributed by atoms with Gasteiger partial charge in [-0.2, -0.15) is 8.42 Å². The zero-order chi connectivity index (χ0) is 25.4. The molecule has 0 aliphatic carbocycles. The van der Waals surface area contributed by atoms with E-state index in [-0.39, 0.29) is 17.7 Å². The van der Waals surface area contributed by atoms with Crippen LogP contribution >= 0.6 is 11.6 Å². The molecule has 3 aromatic rings. The molecule has 2 heterocycles. The van der Waals surface area contributed by atoms with Gasteiger partial charge >= 0.3 is 6.09 Å². The molecule has 0 saturated carbocycles. The summed E-state index contributed by atoms with van der Waals surface area (Å²) in [5.74, 6) is 0. The average Bonchev–Trinajstić information content (AvgIpc) is 3.24. The van der Waals surface area contributed by atoms with Crippen molar-refractivity contribution in [2.24, 2.45) is 7.05 Å². The normalized spacial score (nSPS) is 13.9. The van der Waals surface area contributed by atoms with Gasteiger partial charge in [0.25, 0.3) is 10.0 Å². The van der Waals surface area contributed by atoms with Crippen LogP contribution in [-0.4, -0.2) is 41.1 Å². The van der Waals surface area contributed by atoms with Crippen molar-refractivity contribution in [2.45, 2.75) is 50.9 Å². The molecule has 0 N–H and O–H groups in total. The summed E-state index contributed by atoms with van der Waals surface area (Å²) in [5, 5.41) is 0.555. The van der Waals surface area contributed by atoms with Crippen LogP contribution in [-0.2, 0) is 41.3 Å². The molecule has 8 nitrogen and oxygen atoms in total. The largest absolute Gasteiger partial charge is 0.444 e. The van der Waals surface area contributed by atoms with Gasteiger partial charge in [-0.25, -0.2) is 9.78 Å². The zero-order valence-electron chi connectivity index (χ0n) is 20.2. The number of hydrogen-bond donors (Lipinski definition) is 0. The predicted molar refractivity (Wildman–Crippen MR) is 135 cm³/mol. The van der Waals surface area contributed by atoms with Crippen LogP contribution in [0.15, 0.2) is 60.0 Å². The Morgan fingerprint density at radius 3 is 2.49 bits per heavy atom. The summed E-state index contributed by atoms with van der Waals surface area (Å²) < 4.78 is 35.7. The summed E-state index contributed by atoms with van der Waals surface area (Å²) in [6, 6.07) is 12.6. The van der Waals surface area contributed by atoms with E-state index in [1.165, 1.54) is 16.8 Å². The number of hydrogen-bond acceptors (Lipinski definition) is 5. The van der Waals surface area contributed by atoms with Gasteiger partial charge in [0.05, 0.1) is 18.6 Å². The number of anilines is 1. The first-order valence-electron chi connectivity index (χ1n) is 11.3. The van der Waals surface area contributed by atoms with Gasteiger partial charge in [-0.05, 0) is 68.1 Å². The van der Waals surface area contributed by atoms with E-state index >= 15 is 0 Å². The Kier molecular flexibility index (Phi) is 6.83. The van der Waals surface area contributed by atoms with Crippen molar-refractivity contribution in [1.29, 1.82) is 0 Å². The first-order chi connectivity index (χ1) is 16.4. The number of amides is 1. The van der Waals surface area contributed by atoms with E-state index in [0.717, 1.165) is 16.7 Å². The summed E-state index contributed by atoms with van der Waals surface area (Å²) in [7, 11) is -2.20. The summed E-state index contributed by atoms with van der Waals surface area (Å²) >= 11 is 6.02. The second-order valence-corrected chi connectivity index (χ2v) is 11.9. The predicted octanol–water partition coefficient (Wildman–Crippen LogP) is 4.76. The van der Waals surface area contributed by atoms with Crippen molar-refractivity contribution in [2.75, 3.05) is 10.8 Å². The number of benzene rings is 2. The number of halogens is 1. The van der Waals surface area contributed by atoms with E-state index < -0.39 is 15.6 Å². The summed E-state index contributed by atoms with van der Waals surface area (Å²) in [6.07, 6.45) is 3.20. The molecular formula is C25H29ClN4O4S. The monoisotopic (exact) mass is 516 g/mol. The Bertz CT molecular complexity index is 1330. The first-order valence-corrected chi connectivity index (χ1v) is 13.1. The van der Waals surface area contributed by atoms with Gasteiger partial charge in [-0.15, -0.1) is 0 Å². The molecule has 186 valence electrons. The number of carbonyl (C=O) groups is 1. The van der Waals surface area contributed by atoms with Gasteiger partial charge in [0, 0.05) is 31.4 Å². The minimum atomic E-state index is -3.93. The number of aromatic nitrogens is 2. The Hall–Kier alpha value is -3.04. The number of fused-ring (bicyclic) bond motifs is 1. The van der Waals surface area contributed by atoms with Crippen molar-refractivity contribution < 1.29 is 17.9 Å². The second-order valence-electron chi connectivity index (χ2n) is 9.62. The highest BCUT2D eigenvalue weighted by molar-refractivity contribution is 7.92. The lowest BCUT2D eigenvalue weighted by molar-refractivity contribution is 0.0224. The van der Waals surface area contributed by atoms with Crippen LogP contribution in [0, 0.1) is 0 Å². The maximum Gasteiger partial charge on any atom is 0.410 e. The Morgan fingerprint density at radius 1 is 1.14 bits per heavy atom. The fourth-order valence-corrected chi connectivity index (χ4v) is 5.42. The fraction of sp³-hybridized carbons (Fsp3) is 0.360. The highest BCUT2D eigenvalue weighted by Crippen LogP contribution is 2.30. The fourth-order valence-electron chi connectivity index (χ4n) is 3.88. The van der Waals surface area contributed by atoms with Crippen LogP contribution < -0.4 is 4.31 Å². The molecule has 0 fully saturated rings. The SMILES string of the molecule is Cn1cnc(S(=O)(=O)N(Cc2ccc(Cl)cc2)c2ccc3c(c2)CCN(C(=O)OC(C)(C)C)C3)c1. The Labute approximate surface area is 211 Å². The smallest absolute Gasteiger partial charge is 0.410 e. The van der Waals surface area contributed by atoms with Crippen LogP contribution in [0.1, 0.15) is 37.5 Å². The number of aryl methyl sites for hydroxylation is 1. The topological polar surface area (TPSA) is 84.7 Å². The standard InChI is InChI=1S/C25H29ClN4O4S/c1-25(2,3)34-24(31)29-12-11-19-13-22(10-7-20(19)15-29)30(14-18-5-8-21(26)9-6-18)35(32,33)23-16-28(4)17-27-23/h5-10,13,16-17H,11-12,14-15H2,1-4H3. The van der Waals surface area contributed by atoms with Crippen LogP contribution in [0.5, 0.6) is 0 Å². The third kappa shape index (κ3) is 5.79. The van der Waals surface area contributed by atoms with E-state index in [0.29, 0.717) is 30.2 Å². The minimum absolute atomic E-state index is 0.0252. The molecule has 35 heavy (non-hydrogen) atoms. The molecule has 0 bridgehead atoms. The lowest BCUT2D eigenvalue weighted by atomic mass is 9.99. The molecule has 1 aliphatic rings. The van der Waals surface area contributed by atoms with E-state index in [4.69, 9.17) is 16.3 Å². The molecule has 4 rings (SSSR count). The van der Waals surface area contributed by atoms with Gasteiger partial charge in [0.15, 0.2) is 5.03 Å². The molecule has 0 saturated heterocycles. The van der Waals surface area contributed by atoms with E-state index in [1.54, 1.807) is 46.8 Å². The quantitative estimate of drug-likeness (QED) is 0.488. The molecule has 0 atom stereocenters. The molecule has 1 aliphatic heterocycles. The molecule has 1 aromatic heterocycles. The van der Waals surface area contributed by atoms with Gasteiger partial charge in [0.2, 0.25) is 0 Å². The van der Waals surface area contributed by atoms with E-state index in [1.807, 2.05) is 32.9 Å². The van der Waals surface area contributed by atoms with Crippen molar-refractivity contribution >= 4 is 33.4 Å². The van der Waals surface area contributed by atoms with E-state index in [2.05, 4.69) is 4.98 Å². The van der Waals surface area contributed by atoms with Crippen LogP contribution in [0.4, 0.5) is 10.5 Å². The molecular weight excluding hydrogens is 488 g/mol. The molecule has 10 heteroatoms. The summed E-state index contributed by atoms with van der Waals surface area (Å²) in [6.45, 7) is 6.55. The zero-order valence-corrected chi connectivity index (χ0v) is 21.8. The Morgan fingerprint density at radius 2 is 1.86 bits per heavy atom. The maximum absolute atomic E-state index is 13.6. The molecule has 1 amide bonds. The summed E-state index contributed by atoms with van der Waals surface area (Å²) in [4.78, 5) is 18.3. The molecule has 0 spiro atoms.